The van der Waals surface area contributed by atoms with Crippen molar-refractivity contribution in [3.63, 3.8) is 0 Å². The van der Waals surface area contributed by atoms with Crippen LogP contribution in [0.4, 0.5) is 8.78 Å². The zero-order valence-electron chi connectivity index (χ0n) is 11.3. The van der Waals surface area contributed by atoms with Gasteiger partial charge >= 0.3 is 0 Å². The van der Waals surface area contributed by atoms with Gasteiger partial charge in [-0.2, -0.15) is 0 Å². The first kappa shape index (κ1) is 15.1. The van der Waals surface area contributed by atoms with E-state index in [4.69, 9.17) is 10.5 Å². The fraction of sp³-hybridized carbons (Fsp3) is 0.571. The summed E-state index contributed by atoms with van der Waals surface area (Å²) in [5.41, 5.74) is 5.60. The van der Waals surface area contributed by atoms with Crippen LogP contribution in [0.3, 0.4) is 0 Å². The highest BCUT2D eigenvalue weighted by atomic mass is 19.1. The van der Waals surface area contributed by atoms with E-state index < -0.39 is 23.8 Å². The van der Waals surface area contributed by atoms with E-state index in [0.29, 0.717) is 6.61 Å². The molecule has 0 aliphatic carbocycles. The summed E-state index contributed by atoms with van der Waals surface area (Å²) in [7, 11) is 0. The van der Waals surface area contributed by atoms with Crippen LogP contribution in [0.15, 0.2) is 18.2 Å². The van der Waals surface area contributed by atoms with Crippen LogP contribution in [0.5, 0.6) is 0 Å². The molecule has 0 spiro atoms. The van der Waals surface area contributed by atoms with Crippen LogP contribution in [-0.2, 0) is 4.74 Å². The molecule has 0 saturated heterocycles. The minimum atomic E-state index is -0.828. The van der Waals surface area contributed by atoms with Crippen molar-refractivity contribution >= 4 is 0 Å². The Morgan fingerprint density at radius 1 is 1.22 bits per heavy atom. The lowest BCUT2D eigenvalue weighted by molar-refractivity contribution is -0.0295. The molecule has 0 heterocycles. The zero-order chi connectivity index (χ0) is 13.9. The van der Waals surface area contributed by atoms with Gasteiger partial charge in [-0.05, 0) is 24.5 Å². The standard InChI is InChI=1S/C14H21F2NO/c1-5-18-13(14(2,3)4)12(17)11-9(15)7-6-8-10(11)16/h6-8,12-13H,5,17H2,1-4H3. The SMILES string of the molecule is CCOC(C(N)c1c(F)cccc1F)C(C)(C)C. The summed E-state index contributed by atoms with van der Waals surface area (Å²) in [6, 6.07) is 2.92. The number of ether oxygens (including phenoxy) is 1. The van der Waals surface area contributed by atoms with E-state index >= 15 is 0 Å². The number of hydrogen-bond acceptors (Lipinski definition) is 2. The average Bonchev–Trinajstić information content (AvgIpc) is 2.23. The Labute approximate surface area is 107 Å². The Kier molecular flexibility index (Phi) is 4.82. The van der Waals surface area contributed by atoms with Gasteiger partial charge in [-0.1, -0.05) is 26.8 Å². The summed E-state index contributed by atoms with van der Waals surface area (Å²) < 4.78 is 33.0. The summed E-state index contributed by atoms with van der Waals surface area (Å²) >= 11 is 0. The third-order valence-corrected chi connectivity index (χ3v) is 2.86. The normalized spacial score (nSPS) is 15.5. The van der Waals surface area contributed by atoms with Crippen LogP contribution < -0.4 is 5.73 Å². The number of hydrogen-bond donors (Lipinski definition) is 1. The lowest BCUT2D eigenvalue weighted by Crippen LogP contribution is -2.40. The van der Waals surface area contributed by atoms with Gasteiger partial charge in [0.25, 0.3) is 0 Å². The summed E-state index contributed by atoms with van der Waals surface area (Å²) in [6.45, 7) is 8.10. The number of nitrogens with two attached hydrogens (primary N) is 1. The highest BCUT2D eigenvalue weighted by Crippen LogP contribution is 2.33. The molecule has 4 heteroatoms. The first-order chi connectivity index (χ1) is 8.29. The predicted octanol–water partition coefficient (Wildman–Crippen LogP) is 3.42. The lowest BCUT2D eigenvalue weighted by atomic mass is 9.82. The molecule has 0 fully saturated rings. The van der Waals surface area contributed by atoms with Crippen molar-refractivity contribution in [1.82, 2.24) is 0 Å². The second-order valence-corrected chi connectivity index (χ2v) is 5.40. The summed E-state index contributed by atoms with van der Waals surface area (Å²) in [4.78, 5) is 0. The summed E-state index contributed by atoms with van der Waals surface area (Å²) in [6.07, 6.45) is -0.450. The lowest BCUT2D eigenvalue weighted by Gasteiger charge is -2.35. The Morgan fingerprint density at radius 3 is 2.11 bits per heavy atom. The molecule has 2 nitrogen and oxygen atoms in total. The molecule has 102 valence electrons. The molecule has 2 atom stereocenters. The van der Waals surface area contributed by atoms with Crippen molar-refractivity contribution in [3.8, 4) is 0 Å². The van der Waals surface area contributed by atoms with Crippen molar-refractivity contribution in [3.05, 3.63) is 35.4 Å². The molecule has 0 amide bonds. The minimum Gasteiger partial charge on any atom is -0.376 e. The molecule has 1 rings (SSSR count). The van der Waals surface area contributed by atoms with E-state index in [0.717, 1.165) is 0 Å². The smallest absolute Gasteiger partial charge is 0.131 e. The van der Waals surface area contributed by atoms with E-state index in [-0.39, 0.29) is 11.0 Å². The molecule has 0 bridgehead atoms. The third kappa shape index (κ3) is 3.27. The quantitative estimate of drug-likeness (QED) is 0.897. The number of halogens is 2. The second kappa shape index (κ2) is 5.76. The molecule has 0 aliphatic heterocycles. The molecular weight excluding hydrogens is 236 g/mol. The Hall–Kier alpha value is -1.00. The molecule has 2 unspecified atom stereocenters. The molecule has 0 aliphatic rings. The second-order valence-electron chi connectivity index (χ2n) is 5.40. The van der Waals surface area contributed by atoms with Gasteiger partial charge in [0.1, 0.15) is 11.6 Å². The monoisotopic (exact) mass is 257 g/mol. The van der Waals surface area contributed by atoms with Gasteiger partial charge in [0.2, 0.25) is 0 Å². The maximum atomic E-state index is 13.7. The van der Waals surface area contributed by atoms with Crippen LogP contribution in [0, 0.1) is 17.0 Å². The van der Waals surface area contributed by atoms with Gasteiger partial charge in [-0.25, -0.2) is 8.78 Å². The van der Waals surface area contributed by atoms with Crippen molar-refractivity contribution in [2.75, 3.05) is 6.61 Å². The number of rotatable bonds is 4. The molecular formula is C14H21F2NO. The van der Waals surface area contributed by atoms with Gasteiger partial charge in [-0.15, -0.1) is 0 Å². The van der Waals surface area contributed by atoms with Gasteiger partial charge in [0.15, 0.2) is 0 Å². The maximum absolute atomic E-state index is 13.7. The van der Waals surface area contributed by atoms with Gasteiger partial charge < -0.3 is 10.5 Å². The zero-order valence-corrected chi connectivity index (χ0v) is 11.3. The topological polar surface area (TPSA) is 35.2 Å². The summed E-state index contributed by atoms with van der Waals surface area (Å²) in [5, 5.41) is 0. The van der Waals surface area contributed by atoms with Crippen molar-refractivity contribution in [2.45, 2.75) is 39.8 Å². The Balaban J connectivity index is 3.14. The first-order valence-electron chi connectivity index (χ1n) is 6.10. The highest BCUT2D eigenvalue weighted by molar-refractivity contribution is 5.24. The van der Waals surface area contributed by atoms with E-state index in [2.05, 4.69) is 0 Å². The Bertz CT molecular complexity index is 381. The largest absolute Gasteiger partial charge is 0.376 e. The molecule has 1 aromatic rings. The Morgan fingerprint density at radius 2 is 1.72 bits per heavy atom. The fourth-order valence-electron chi connectivity index (χ4n) is 2.05. The molecule has 0 radical (unpaired) electrons. The third-order valence-electron chi connectivity index (χ3n) is 2.86. The highest BCUT2D eigenvalue weighted by Gasteiger charge is 2.34. The molecule has 2 N–H and O–H groups in total. The summed E-state index contributed by atoms with van der Waals surface area (Å²) in [5.74, 6) is -1.26. The minimum absolute atomic E-state index is 0.106. The van der Waals surface area contributed by atoms with Crippen molar-refractivity contribution < 1.29 is 13.5 Å². The van der Waals surface area contributed by atoms with Crippen molar-refractivity contribution in [2.24, 2.45) is 11.1 Å². The molecule has 18 heavy (non-hydrogen) atoms. The van der Waals surface area contributed by atoms with E-state index in [1.807, 2.05) is 27.7 Å². The van der Waals surface area contributed by atoms with Crippen LogP contribution in [0.25, 0.3) is 0 Å². The predicted molar refractivity (Wildman–Crippen MR) is 68.2 cm³/mol. The molecule has 0 saturated carbocycles. The van der Waals surface area contributed by atoms with Gasteiger partial charge in [0.05, 0.1) is 12.1 Å². The maximum Gasteiger partial charge on any atom is 0.131 e. The molecule has 1 aromatic carbocycles. The van der Waals surface area contributed by atoms with E-state index in [1.54, 1.807) is 0 Å². The first-order valence-corrected chi connectivity index (χ1v) is 6.10. The average molecular weight is 257 g/mol. The van der Waals surface area contributed by atoms with Gasteiger partial charge in [0, 0.05) is 12.2 Å². The van der Waals surface area contributed by atoms with E-state index in [1.165, 1.54) is 18.2 Å². The van der Waals surface area contributed by atoms with E-state index in [9.17, 15) is 8.78 Å². The van der Waals surface area contributed by atoms with Crippen LogP contribution in [0.2, 0.25) is 0 Å². The fourth-order valence-corrected chi connectivity index (χ4v) is 2.05. The molecule has 0 aromatic heterocycles. The van der Waals surface area contributed by atoms with Crippen LogP contribution in [-0.4, -0.2) is 12.7 Å². The van der Waals surface area contributed by atoms with Crippen molar-refractivity contribution in [1.29, 1.82) is 0 Å². The van der Waals surface area contributed by atoms with Gasteiger partial charge in [-0.3, -0.25) is 0 Å². The van der Waals surface area contributed by atoms with Crippen LogP contribution >= 0.6 is 0 Å². The number of benzene rings is 1. The van der Waals surface area contributed by atoms with Crippen LogP contribution in [0.1, 0.15) is 39.3 Å².